The summed E-state index contributed by atoms with van der Waals surface area (Å²) >= 11 is 1.61. The summed E-state index contributed by atoms with van der Waals surface area (Å²) in [5, 5.41) is 8.58. The number of methoxy groups -OCH3 is 2. The number of hydrogen-bond acceptors (Lipinski definition) is 8. The number of carbonyl (C=O) groups excluding carboxylic acids is 1. The molecule has 2 heterocycles. The maximum absolute atomic E-state index is 12.7. The van der Waals surface area contributed by atoms with Crippen LogP contribution >= 0.6 is 11.8 Å². The Morgan fingerprint density at radius 2 is 2.03 bits per heavy atom. The molecular formula is C22H30N4O4S. The maximum atomic E-state index is 12.7. The van der Waals surface area contributed by atoms with Crippen LogP contribution in [0.3, 0.4) is 0 Å². The molecule has 0 spiro atoms. The third-order valence-corrected chi connectivity index (χ3v) is 5.86. The molecule has 168 valence electrons. The lowest BCUT2D eigenvalue weighted by atomic mass is 9.95. The van der Waals surface area contributed by atoms with Crippen LogP contribution in [0.25, 0.3) is 0 Å². The highest BCUT2D eigenvalue weighted by molar-refractivity contribution is 7.99. The van der Waals surface area contributed by atoms with Crippen LogP contribution in [0.15, 0.2) is 34.6 Å². The van der Waals surface area contributed by atoms with Crippen molar-refractivity contribution in [3.8, 4) is 11.5 Å². The van der Waals surface area contributed by atoms with E-state index < -0.39 is 12.0 Å². The first-order valence-corrected chi connectivity index (χ1v) is 11.5. The average molecular weight is 447 g/mol. The Labute approximate surface area is 187 Å². The Morgan fingerprint density at radius 3 is 2.71 bits per heavy atom. The molecule has 2 aromatic rings. The fraction of sp³-hybridized carbons (Fsp3) is 0.500. The molecule has 8 nitrogen and oxygen atoms in total. The second kappa shape index (κ2) is 10.6. The van der Waals surface area contributed by atoms with Crippen LogP contribution in [0, 0.1) is 0 Å². The third-order valence-electron chi connectivity index (χ3n) is 4.93. The molecular weight excluding hydrogens is 416 g/mol. The molecule has 0 amide bonds. The number of unbranched alkanes of at least 4 members (excludes halogenated alkanes) is 1. The summed E-state index contributed by atoms with van der Waals surface area (Å²) in [5.74, 6) is 2.39. The molecule has 0 saturated heterocycles. The van der Waals surface area contributed by atoms with Crippen molar-refractivity contribution in [1.29, 1.82) is 0 Å². The molecule has 0 aliphatic carbocycles. The molecule has 1 atom stereocenters. The number of hydrogen-bond donors (Lipinski definition) is 1. The summed E-state index contributed by atoms with van der Waals surface area (Å²) in [6.45, 7) is 6.65. The largest absolute Gasteiger partial charge is 0.493 e. The number of carbonyl (C=O) groups is 1. The maximum Gasteiger partial charge on any atom is 0.338 e. The van der Waals surface area contributed by atoms with Crippen LogP contribution in [0.2, 0.25) is 0 Å². The van der Waals surface area contributed by atoms with E-state index in [4.69, 9.17) is 19.3 Å². The number of allylic oxidation sites excluding steroid dienone is 1. The van der Waals surface area contributed by atoms with E-state index in [1.807, 2.05) is 25.1 Å². The highest BCUT2D eigenvalue weighted by Gasteiger charge is 2.35. The molecule has 1 aromatic carbocycles. The van der Waals surface area contributed by atoms with Crippen molar-refractivity contribution in [2.45, 2.75) is 51.2 Å². The molecule has 0 radical (unpaired) electrons. The van der Waals surface area contributed by atoms with Crippen LogP contribution < -0.4 is 14.8 Å². The summed E-state index contributed by atoms with van der Waals surface area (Å²) < 4.78 is 18.2. The minimum Gasteiger partial charge on any atom is -0.493 e. The number of fused-ring (bicyclic) bond motifs is 1. The summed E-state index contributed by atoms with van der Waals surface area (Å²) in [5.41, 5.74) is 2.00. The topological polar surface area (TPSA) is 87.5 Å². The number of aromatic nitrogens is 3. The molecule has 1 unspecified atom stereocenters. The number of nitrogens with one attached hydrogen (secondary N) is 1. The van der Waals surface area contributed by atoms with Gasteiger partial charge in [-0.15, -0.1) is 5.10 Å². The van der Waals surface area contributed by atoms with Gasteiger partial charge in [-0.25, -0.2) is 9.48 Å². The highest BCUT2D eigenvalue weighted by Crippen LogP contribution is 2.39. The Hall–Kier alpha value is -2.68. The van der Waals surface area contributed by atoms with E-state index in [0.29, 0.717) is 40.5 Å². The van der Waals surface area contributed by atoms with Gasteiger partial charge in [0.15, 0.2) is 11.5 Å². The molecule has 1 N–H and O–H groups in total. The van der Waals surface area contributed by atoms with Crippen LogP contribution in [-0.4, -0.2) is 47.3 Å². The second-order valence-electron chi connectivity index (χ2n) is 7.18. The highest BCUT2D eigenvalue weighted by atomic mass is 32.2. The Morgan fingerprint density at radius 1 is 1.23 bits per heavy atom. The number of ether oxygens (including phenoxy) is 3. The molecule has 9 heteroatoms. The van der Waals surface area contributed by atoms with E-state index in [1.54, 1.807) is 23.6 Å². The Bertz CT molecular complexity index is 957. The lowest BCUT2D eigenvalue weighted by Crippen LogP contribution is -2.29. The van der Waals surface area contributed by atoms with Crippen molar-refractivity contribution >= 4 is 23.7 Å². The molecule has 3 rings (SSSR count). The molecule has 1 aliphatic rings. The van der Waals surface area contributed by atoms with Gasteiger partial charge in [0.2, 0.25) is 11.1 Å². The quantitative estimate of drug-likeness (QED) is 0.326. The van der Waals surface area contributed by atoms with Crippen molar-refractivity contribution in [3.63, 3.8) is 0 Å². The van der Waals surface area contributed by atoms with E-state index in [1.165, 1.54) is 7.11 Å². The fourth-order valence-electron chi connectivity index (χ4n) is 3.37. The van der Waals surface area contributed by atoms with Gasteiger partial charge in [-0.1, -0.05) is 38.1 Å². The van der Waals surface area contributed by atoms with Crippen LogP contribution in [0.4, 0.5) is 5.95 Å². The Kier molecular flexibility index (Phi) is 7.84. The molecule has 1 aromatic heterocycles. The summed E-state index contributed by atoms with van der Waals surface area (Å²) in [4.78, 5) is 17.3. The summed E-state index contributed by atoms with van der Waals surface area (Å²) in [6, 6.07) is 5.18. The van der Waals surface area contributed by atoms with E-state index in [9.17, 15) is 4.79 Å². The van der Waals surface area contributed by atoms with Crippen molar-refractivity contribution < 1.29 is 19.0 Å². The summed E-state index contributed by atoms with van der Waals surface area (Å²) in [6.07, 6.45) is 3.10. The second-order valence-corrected chi connectivity index (χ2v) is 8.24. The first-order chi connectivity index (χ1) is 15.0. The molecule has 31 heavy (non-hydrogen) atoms. The third kappa shape index (κ3) is 4.98. The van der Waals surface area contributed by atoms with Gasteiger partial charge in [-0.3, -0.25) is 0 Å². The van der Waals surface area contributed by atoms with E-state index in [-0.39, 0.29) is 0 Å². The standard InChI is InChI=1S/C22H30N4O4S/c1-6-8-12-31-22-24-21-23-14(3)18(20(27)29-5)19(26(21)25-22)15-9-10-16(30-11-7-2)17(13-15)28-4/h9-10,13,19H,6-8,11-12H2,1-5H3,(H,23,24,25). The van der Waals surface area contributed by atoms with Crippen LogP contribution in [-0.2, 0) is 9.53 Å². The van der Waals surface area contributed by atoms with Gasteiger partial charge in [-0.05, 0) is 37.5 Å². The van der Waals surface area contributed by atoms with Gasteiger partial charge in [0.1, 0.15) is 6.04 Å². The van der Waals surface area contributed by atoms with Gasteiger partial charge >= 0.3 is 5.97 Å². The van der Waals surface area contributed by atoms with E-state index >= 15 is 0 Å². The monoisotopic (exact) mass is 446 g/mol. The average Bonchev–Trinajstić information content (AvgIpc) is 3.18. The van der Waals surface area contributed by atoms with Crippen molar-refractivity contribution in [3.05, 3.63) is 35.0 Å². The molecule has 0 saturated carbocycles. The predicted octanol–water partition coefficient (Wildman–Crippen LogP) is 4.43. The first-order valence-electron chi connectivity index (χ1n) is 10.5. The normalized spacial score (nSPS) is 15.3. The zero-order chi connectivity index (χ0) is 22.4. The number of rotatable bonds is 10. The minimum absolute atomic E-state index is 0.415. The van der Waals surface area contributed by atoms with Crippen molar-refractivity contribution in [2.75, 3.05) is 31.9 Å². The number of thioether (sulfide) groups is 1. The van der Waals surface area contributed by atoms with Crippen molar-refractivity contribution in [2.24, 2.45) is 0 Å². The molecule has 0 bridgehead atoms. The lowest BCUT2D eigenvalue weighted by Gasteiger charge is -2.28. The van der Waals surface area contributed by atoms with Gasteiger partial charge in [0.05, 0.1) is 26.4 Å². The number of benzene rings is 1. The van der Waals surface area contributed by atoms with Crippen LogP contribution in [0.1, 0.15) is 51.6 Å². The van der Waals surface area contributed by atoms with E-state index in [0.717, 1.165) is 30.6 Å². The van der Waals surface area contributed by atoms with Gasteiger partial charge in [0, 0.05) is 11.4 Å². The smallest absolute Gasteiger partial charge is 0.338 e. The summed E-state index contributed by atoms with van der Waals surface area (Å²) in [7, 11) is 2.98. The number of anilines is 1. The Balaban J connectivity index is 2.05. The van der Waals surface area contributed by atoms with Crippen LogP contribution in [0.5, 0.6) is 11.5 Å². The minimum atomic E-state index is -0.495. The fourth-order valence-corrected chi connectivity index (χ4v) is 4.28. The zero-order valence-corrected chi connectivity index (χ0v) is 19.5. The molecule has 0 fully saturated rings. The number of esters is 1. The predicted molar refractivity (Wildman–Crippen MR) is 121 cm³/mol. The molecule has 1 aliphatic heterocycles. The first kappa shape index (κ1) is 23.0. The van der Waals surface area contributed by atoms with Gasteiger partial charge < -0.3 is 19.5 Å². The lowest BCUT2D eigenvalue weighted by molar-refractivity contribution is -0.136. The number of nitrogens with zero attached hydrogens (tertiary/aromatic N) is 3. The van der Waals surface area contributed by atoms with E-state index in [2.05, 4.69) is 24.1 Å². The SMILES string of the molecule is CCCCSc1nc2n(n1)C(c1ccc(OCCC)c(OC)c1)C(C(=O)OC)=C(C)N2. The van der Waals surface area contributed by atoms with Gasteiger partial charge in [0.25, 0.3) is 0 Å². The van der Waals surface area contributed by atoms with Crippen molar-refractivity contribution in [1.82, 2.24) is 14.8 Å². The van der Waals surface area contributed by atoms with Gasteiger partial charge in [-0.2, -0.15) is 4.98 Å². The zero-order valence-electron chi connectivity index (χ0n) is 18.7.